The van der Waals surface area contributed by atoms with Gasteiger partial charge in [-0.05, 0) is 0 Å². The number of nitrogens with two attached hydrogens (primary N) is 6. The molecule has 0 amide bonds. The SMILES string of the molecule is NCC(N)(C(=O)O)C(=O)C1(N)C(=O)C(N)C(N)C(=O)C(=O)C1N. The van der Waals surface area contributed by atoms with Crippen molar-refractivity contribution < 1.29 is 29.1 Å². The van der Waals surface area contributed by atoms with E-state index in [1.807, 2.05) is 0 Å². The molecule has 23 heavy (non-hydrogen) atoms. The van der Waals surface area contributed by atoms with Crippen LogP contribution in [-0.4, -0.2) is 70.0 Å². The van der Waals surface area contributed by atoms with Crippen LogP contribution < -0.4 is 34.4 Å². The third kappa shape index (κ3) is 2.46. The Kier molecular flexibility index (Phi) is 4.82. The number of carboxylic acids is 1. The van der Waals surface area contributed by atoms with Crippen molar-refractivity contribution in [2.24, 2.45) is 34.4 Å². The van der Waals surface area contributed by atoms with Crippen molar-refractivity contribution in [3.05, 3.63) is 0 Å². The molecule has 0 saturated heterocycles. The predicted octanol–water partition coefficient (Wildman–Crippen LogP) is -6.30. The van der Waals surface area contributed by atoms with Crippen LogP contribution in [0.1, 0.15) is 0 Å². The van der Waals surface area contributed by atoms with E-state index in [2.05, 4.69) is 0 Å². The van der Waals surface area contributed by atoms with Crippen molar-refractivity contribution in [2.45, 2.75) is 29.2 Å². The fourth-order valence-electron chi connectivity index (χ4n) is 2.18. The van der Waals surface area contributed by atoms with Crippen LogP contribution in [0.5, 0.6) is 0 Å². The van der Waals surface area contributed by atoms with Crippen LogP contribution in [0.25, 0.3) is 0 Å². The number of carbonyl (C=O) groups is 5. The van der Waals surface area contributed by atoms with Crippen molar-refractivity contribution in [3.63, 3.8) is 0 Å². The zero-order valence-electron chi connectivity index (χ0n) is 11.9. The van der Waals surface area contributed by atoms with E-state index in [0.717, 1.165) is 0 Å². The minimum atomic E-state index is -2.95. The molecule has 0 aromatic carbocycles. The molecule has 1 fully saturated rings. The molecule has 5 atom stereocenters. The molecule has 1 saturated carbocycles. The van der Waals surface area contributed by atoms with E-state index in [4.69, 9.17) is 39.5 Å². The van der Waals surface area contributed by atoms with Crippen LogP contribution >= 0.6 is 0 Å². The zero-order chi connectivity index (χ0) is 18.3. The highest BCUT2D eigenvalue weighted by Gasteiger charge is 2.62. The van der Waals surface area contributed by atoms with Crippen molar-refractivity contribution in [1.82, 2.24) is 0 Å². The van der Waals surface area contributed by atoms with Gasteiger partial charge in [0.2, 0.25) is 11.6 Å². The summed E-state index contributed by atoms with van der Waals surface area (Å²) in [6.07, 6.45) is 0. The summed E-state index contributed by atoms with van der Waals surface area (Å²) < 4.78 is 0. The smallest absolute Gasteiger partial charge is 0.332 e. The quantitative estimate of drug-likeness (QED) is 0.144. The highest BCUT2D eigenvalue weighted by atomic mass is 16.4. The van der Waals surface area contributed by atoms with Gasteiger partial charge in [-0.3, -0.25) is 19.2 Å². The Balaban J connectivity index is 3.59. The second-order valence-corrected chi connectivity index (χ2v) is 5.30. The molecule has 1 aliphatic carbocycles. The van der Waals surface area contributed by atoms with E-state index < -0.39 is 64.9 Å². The monoisotopic (exact) mass is 330 g/mol. The molecule has 0 radical (unpaired) electrons. The highest BCUT2D eigenvalue weighted by molar-refractivity contribution is 6.45. The van der Waals surface area contributed by atoms with Crippen LogP contribution in [0, 0.1) is 0 Å². The summed E-state index contributed by atoms with van der Waals surface area (Å²) in [6, 6.07) is -5.80. The second-order valence-electron chi connectivity index (χ2n) is 5.30. The topological polar surface area (TPSA) is 262 Å². The van der Waals surface area contributed by atoms with Gasteiger partial charge < -0.3 is 39.5 Å². The molecule has 0 aromatic heterocycles. The number of aliphatic carboxylic acids is 1. The molecule has 1 aliphatic rings. The molecule has 0 bridgehead atoms. The van der Waals surface area contributed by atoms with E-state index in [1.165, 1.54) is 0 Å². The largest absolute Gasteiger partial charge is 0.479 e. The first-order valence-corrected chi connectivity index (χ1v) is 6.32. The summed E-state index contributed by atoms with van der Waals surface area (Å²) >= 11 is 0. The summed E-state index contributed by atoms with van der Waals surface area (Å²) in [5.41, 5.74) is 26.8. The first kappa shape index (κ1) is 19.0. The molecule has 0 aromatic rings. The van der Waals surface area contributed by atoms with Crippen LogP contribution in [0.2, 0.25) is 0 Å². The van der Waals surface area contributed by atoms with Gasteiger partial charge in [0, 0.05) is 6.54 Å². The van der Waals surface area contributed by atoms with Crippen molar-refractivity contribution in [1.29, 1.82) is 0 Å². The average Bonchev–Trinajstić information content (AvgIpc) is 2.57. The van der Waals surface area contributed by atoms with E-state index in [0.29, 0.717) is 0 Å². The van der Waals surface area contributed by atoms with E-state index >= 15 is 0 Å². The molecule has 5 unspecified atom stereocenters. The minimum Gasteiger partial charge on any atom is -0.479 e. The second kappa shape index (κ2) is 5.84. The van der Waals surface area contributed by atoms with Gasteiger partial charge in [-0.2, -0.15) is 0 Å². The third-order valence-electron chi connectivity index (χ3n) is 3.90. The number of carboxylic acid groups (broad SMARTS) is 1. The Labute approximate surface area is 129 Å². The summed E-state index contributed by atoms with van der Waals surface area (Å²) in [7, 11) is 0. The number of rotatable bonds is 4. The van der Waals surface area contributed by atoms with Gasteiger partial charge in [-0.15, -0.1) is 0 Å². The fourth-order valence-corrected chi connectivity index (χ4v) is 2.18. The van der Waals surface area contributed by atoms with Gasteiger partial charge >= 0.3 is 5.97 Å². The maximum Gasteiger partial charge on any atom is 0.332 e. The van der Waals surface area contributed by atoms with E-state index in [-0.39, 0.29) is 0 Å². The maximum atomic E-state index is 12.5. The van der Waals surface area contributed by atoms with E-state index in [9.17, 15) is 24.0 Å². The minimum absolute atomic E-state index is 0.941. The Hall–Kier alpha value is -2.09. The van der Waals surface area contributed by atoms with Crippen LogP contribution in [0.3, 0.4) is 0 Å². The molecular weight excluding hydrogens is 312 g/mol. The standard InChI is InChI=1S/C11H18N6O6/c12-1-10(16,9(22)23)8(21)11(17)6(15)5(19)4(18)2(13)3(14)7(11)20/h2-3,6H,1,12-17H2,(H,22,23). The molecule has 0 aliphatic heterocycles. The molecule has 0 heterocycles. The van der Waals surface area contributed by atoms with Gasteiger partial charge in [0.1, 0.15) is 6.04 Å². The zero-order valence-corrected chi connectivity index (χ0v) is 11.9. The van der Waals surface area contributed by atoms with Crippen LogP contribution in [0.15, 0.2) is 0 Å². The van der Waals surface area contributed by atoms with E-state index in [1.54, 1.807) is 0 Å². The summed E-state index contributed by atoms with van der Waals surface area (Å²) in [5, 5.41) is 9.09. The van der Waals surface area contributed by atoms with Crippen LogP contribution in [0.4, 0.5) is 0 Å². The Morgan fingerprint density at radius 1 is 1.09 bits per heavy atom. The summed E-state index contributed by atoms with van der Waals surface area (Å²) in [4.78, 5) is 59.8. The lowest BCUT2D eigenvalue weighted by atomic mass is 9.73. The van der Waals surface area contributed by atoms with Crippen molar-refractivity contribution >= 4 is 29.1 Å². The highest BCUT2D eigenvalue weighted by Crippen LogP contribution is 2.22. The van der Waals surface area contributed by atoms with Gasteiger partial charge in [0.05, 0.1) is 12.1 Å². The number of hydrogen-bond donors (Lipinski definition) is 7. The summed E-state index contributed by atoms with van der Waals surface area (Å²) in [5.74, 6) is -7.63. The Bertz CT molecular complexity index is 608. The van der Waals surface area contributed by atoms with Gasteiger partial charge in [-0.25, -0.2) is 4.79 Å². The number of hydrogen-bond acceptors (Lipinski definition) is 11. The number of Topliss-reactive ketones (excluding diaryl/α,β-unsaturated/α-hetero) is 4. The predicted molar refractivity (Wildman–Crippen MR) is 74.5 cm³/mol. The normalized spacial score (nSPS) is 34.7. The summed E-state index contributed by atoms with van der Waals surface area (Å²) in [6.45, 7) is -0.941. The lowest BCUT2D eigenvalue weighted by Crippen LogP contribution is -2.78. The molecular formula is C11H18N6O6. The lowest BCUT2D eigenvalue weighted by molar-refractivity contribution is -0.152. The first-order valence-electron chi connectivity index (χ1n) is 6.32. The van der Waals surface area contributed by atoms with Gasteiger partial charge in [0.25, 0.3) is 0 Å². The van der Waals surface area contributed by atoms with Gasteiger partial charge in [0.15, 0.2) is 22.6 Å². The van der Waals surface area contributed by atoms with Gasteiger partial charge in [-0.1, -0.05) is 0 Å². The fraction of sp³-hybridized carbons (Fsp3) is 0.545. The maximum absolute atomic E-state index is 12.5. The molecule has 12 nitrogen and oxygen atoms in total. The molecule has 0 spiro atoms. The molecule has 128 valence electrons. The first-order chi connectivity index (χ1) is 10.4. The third-order valence-corrected chi connectivity index (χ3v) is 3.90. The Morgan fingerprint density at radius 2 is 1.57 bits per heavy atom. The molecule has 12 heteroatoms. The lowest BCUT2D eigenvalue weighted by Gasteiger charge is -2.36. The average molecular weight is 330 g/mol. The molecule has 13 N–H and O–H groups in total. The van der Waals surface area contributed by atoms with Crippen molar-refractivity contribution in [2.75, 3.05) is 6.54 Å². The Morgan fingerprint density at radius 3 is 1.96 bits per heavy atom. The van der Waals surface area contributed by atoms with Crippen LogP contribution in [-0.2, 0) is 24.0 Å². The number of carbonyl (C=O) groups excluding carboxylic acids is 4. The molecule has 1 rings (SSSR count). The number of ketones is 4. The van der Waals surface area contributed by atoms with Crippen molar-refractivity contribution in [3.8, 4) is 0 Å².